The lowest BCUT2D eigenvalue weighted by atomic mass is 10.1. The second-order valence-electron chi connectivity index (χ2n) is 6.45. The van der Waals surface area contributed by atoms with Crippen molar-refractivity contribution in [3.05, 3.63) is 29.8 Å². The van der Waals surface area contributed by atoms with Crippen molar-refractivity contribution in [1.82, 2.24) is 15.5 Å². The van der Waals surface area contributed by atoms with Crippen molar-refractivity contribution in [3.8, 4) is 5.75 Å². The number of ether oxygens (including phenoxy) is 1. The molecule has 2 N–H and O–H groups in total. The molecule has 1 unspecified atom stereocenters. The molecule has 26 heavy (non-hydrogen) atoms. The smallest absolute Gasteiger partial charge is 0.401 e. The molecule has 0 amide bonds. The molecule has 0 saturated carbocycles. The van der Waals surface area contributed by atoms with Crippen molar-refractivity contribution in [2.45, 2.75) is 19.0 Å². The molecule has 2 rings (SSSR count). The fourth-order valence-electron chi connectivity index (χ4n) is 3.16. The number of halogens is 3. The third-order valence-corrected chi connectivity index (χ3v) is 4.43. The summed E-state index contributed by atoms with van der Waals surface area (Å²) < 4.78 is 42.7. The zero-order valence-corrected chi connectivity index (χ0v) is 15.3. The molecule has 146 valence electrons. The van der Waals surface area contributed by atoms with Gasteiger partial charge in [0.1, 0.15) is 5.75 Å². The van der Waals surface area contributed by atoms with Gasteiger partial charge >= 0.3 is 6.18 Å². The molecule has 0 bridgehead atoms. The molecule has 1 atom stereocenters. The molecule has 1 heterocycles. The van der Waals surface area contributed by atoms with E-state index in [4.69, 9.17) is 4.74 Å². The first-order valence-corrected chi connectivity index (χ1v) is 8.77. The van der Waals surface area contributed by atoms with Gasteiger partial charge in [0.2, 0.25) is 0 Å². The molecule has 8 heteroatoms. The minimum Gasteiger partial charge on any atom is -0.496 e. The van der Waals surface area contributed by atoms with Crippen LogP contribution in [0.3, 0.4) is 0 Å². The predicted molar refractivity (Wildman–Crippen MR) is 96.7 cm³/mol. The van der Waals surface area contributed by atoms with Crippen molar-refractivity contribution in [2.75, 3.05) is 46.9 Å². The summed E-state index contributed by atoms with van der Waals surface area (Å²) in [6.45, 7) is 1.43. The molecular weight excluding hydrogens is 345 g/mol. The van der Waals surface area contributed by atoms with E-state index in [0.717, 1.165) is 24.2 Å². The molecule has 0 aromatic heterocycles. The summed E-state index contributed by atoms with van der Waals surface area (Å²) in [5.41, 5.74) is 1.11. The average molecular weight is 372 g/mol. The molecule has 1 aliphatic rings. The van der Waals surface area contributed by atoms with Crippen molar-refractivity contribution in [3.63, 3.8) is 0 Å². The van der Waals surface area contributed by atoms with E-state index < -0.39 is 12.7 Å². The summed E-state index contributed by atoms with van der Waals surface area (Å²) in [5.74, 6) is 1.72. The maximum atomic E-state index is 12.4. The Kier molecular flexibility index (Phi) is 7.56. The van der Waals surface area contributed by atoms with Crippen LogP contribution in [0.25, 0.3) is 0 Å². The predicted octanol–water partition coefficient (Wildman–Crippen LogP) is 2.29. The number of methoxy groups -OCH3 is 1. The first kappa shape index (κ1) is 20.4. The van der Waals surface area contributed by atoms with Gasteiger partial charge in [-0.1, -0.05) is 18.2 Å². The Morgan fingerprint density at radius 1 is 1.31 bits per heavy atom. The molecule has 0 radical (unpaired) electrons. The maximum absolute atomic E-state index is 12.4. The van der Waals surface area contributed by atoms with E-state index in [9.17, 15) is 13.2 Å². The van der Waals surface area contributed by atoms with Gasteiger partial charge in [0.05, 0.1) is 13.7 Å². The molecule has 1 aromatic rings. The molecular formula is C18H27F3N4O. The van der Waals surface area contributed by atoms with E-state index in [1.807, 2.05) is 24.3 Å². The molecule has 1 saturated heterocycles. The lowest BCUT2D eigenvalue weighted by molar-refractivity contribution is -0.143. The van der Waals surface area contributed by atoms with Gasteiger partial charge < -0.3 is 15.4 Å². The number of guanidine groups is 1. The summed E-state index contributed by atoms with van der Waals surface area (Å²) in [6, 6.07) is 7.84. The Hall–Kier alpha value is -1.96. The van der Waals surface area contributed by atoms with Crippen LogP contribution in [0.5, 0.6) is 5.75 Å². The fraction of sp³-hybridized carbons (Fsp3) is 0.611. The Bertz CT molecular complexity index is 592. The van der Waals surface area contributed by atoms with Gasteiger partial charge in [-0.2, -0.15) is 13.2 Å². The third-order valence-electron chi connectivity index (χ3n) is 4.43. The standard InChI is InChI=1S/C18H27F3N4O/c1-22-17(23-9-7-15-5-3-4-6-16(15)26-2)24-11-14-8-10-25(12-14)13-18(19,20)21/h3-6,14H,7-13H2,1-2H3,(H2,22,23,24). The highest BCUT2D eigenvalue weighted by atomic mass is 19.4. The zero-order chi connectivity index (χ0) is 19.0. The first-order valence-electron chi connectivity index (χ1n) is 8.77. The van der Waals surface area contributed by atoms with Gasteiger partial charge in [-0.3, -0.25) is 9.89 Å². The number of likely N-dealkylation sites (tertiary alicyclic amines) is 1. The first-order chi connectivity index (χ1) is 12.4. The van der Waals surface area contributed by atoms with Gasteiger partial charge in [-0.05, 0) is 36.9 Å². The molecule has 1 fully saturated rings. The van der Waals surface area contributed by atoms with Crippen LogP contribution in [0.2, 0.25) is 0 Å². The van der Waals surface area contributed by atoms with Crippen LogP contribution in [0.15, 0.2) is 29.3 Å². The lowest BCUT2D eigenvalue weighted by Crippen LogP contribution is -2.41. The minimum atomic E-state index is -4.13. The molecule has 0 spiro atoms. The third kappa shape index (κ3) is 6.74. The monoisotopic (exact) mass is 372 g/mol. The van der Waals surface area contributed by atoms with Crippen molar-refractivity contribution < 1.29 is 17.9 Å². The molecule has 1 aromatic carbocycles. The number of nitrogens with zero attached hydrogens (tertiary/aromatic N) is 2. The van der Waals surface area contributed by atoms with E-state index in [1.165, 1.54) is 4.90 Å². The number of hydrogen-bond donors (Lipinski definition) is 2. The van der Waals surface area contributed by atoms with Crippen LogP contribution in [-0.2, 0) is 6.42 Å². The summed E-state index contributed by atoms with van der Waals surface area (Å²) in [5, 5.41) is 6.44. The average Bonchev–Trinajstić information content (AvgIpc) is 3.03. The number of nitrogens with one attached hydrogen (secondary N) is 2. The highest BCUT2D eigenvalue weighted by Crippen LogP contribution is 2.22. The van der Waals surface area contributed by atoms with Crippen LogP contribution in [0.1, 0.15) is 12.0 Å². The van der Waals surface area contributed by atoms with Crippen LogP contribution in [0, 0.1) is 5.92 Å². The van der Waals surface area contributed by atoms with E-state index in [0.29, 0.717) is 32.1 Å². The number of para-hydroxylation sites is 1. The highest BCUT2D eigenvalue weighted by Gasteiger charge is 2.34. The Morgan fingerprint density at radius 3 is 2.77 bits per heavy atom. The van der Waals surface area contributed by atoms with Gasteiger partial charge in [0.25, 0.3) is 0 Å². The highest BCUT2D eigenvalue weighted by molar-refractivity contribution is 5.79. The summed E-state index contributed by atoms with van der Waals surface area (Å²) >= 11 is 0. The Morgan fingerprint density at radius 2 is 2.08 bits per heavy atom. The minimum absolute atomic E-state index is 0.199. The maximum Gasteiger partial charge on any atom is 0.401 e. The molecule has 5 nitrogen and oxygen atoms in total. The number of benzene rings is 1. The van der Waals surface area contributed by atoms with Gasteiger partial charge in [-0.25, -0.2) is 0 Å². The van der Waals surface area contributed by atoms with E-state index in [-0.39, 0.29) is 5.92 Å². The van der Waals surface area contributed by atoms with Gasteiger partial charge in [0, 0.05) is 26.7 Å². The summed E-state index contributed by atoms with van der Waals surface area (Å²) in [6.07, 6.45) is -2.58. The number of alkyl halides is 3. The zero-order valence-electron chi connectivity index (χ0n) is 15.3. The quantitative estimate of drug-likeness (QED) is 0.570. The van der Waals surface area contributed by atoms with Gasteiger partial charge in [0.15, 0.2) is 5.96 Å². The summed E-state index contributed by atoms with van der Waals surface area (Å²) in [4.78, 5) is 5.63. The Balaban J connectivity index is 1.70. The van der Waals surface area contributed by atoms with E-state index in [1.54, 1.807) is 14.2 Å². The molecule has 1 aliphatic heterocycles. The largest absolute Gasteiger partial charge is 0.496 e. The summed E-state index contributed by atoms with van der Waals surface area (Å²) in [7, 11) is 3.33. The van der Waals surface area contributed by atoms with Crippen molar-refractivity contribution in [1.29, 1.82) is 0 Å². The number of hydrogen-bond acceptors (Lipinski definition) is 3. The van der Waals surface area contributed by atoms with Crippen LogP contribution in [-0.4, -0.2) is 63.9 Å². The SMILES string of the molecule is CN=C(NCCc1ccccc1OC)NCC1CCN(CC(F)(F)F)C1. The Labute approximate surface area is 152 Å². The van der Waals surface area contributed by atoms with Crippen LogP contribution >= 0.6 is 0 Å². The van der Waals surface area contributed by atoms with E-state index >= 15 is 0 Å². The van der Waals surface area contributed by atoms with Crippen molar-refractivity contribution in [2.24, 2.45) is 10.9 Å². The van der Waals surface area contributed by atoms with Crippen molar-refractivity contribution >= 4 is 5.96 Å². The number of aliphatic imine (C=N–C) groups is 1. The molecule has 0 aliphatic carbocycles. The van der Waals surface area contributed by atoms with Crippen LogP contribution in [0.4, 0.5) is 13.2 Å². The lowest BCUT2D eigenvalue weighted by Gasteiger charge is -2.18. The second kappa shape index (κ2) is 9.66. The fourth-order valence-corrected chi connectivity index (χ4v) is 3.16. The van der Waals surface area contributed by atoms with E-state index in [2.05, 4.69) is 15.6 Å². The van der Waals surface area contributed by atoms with Crippen LogP contribution < -0.4 is 15.4 Å². The topological polar surface area (TPSA) is 48.9 Å². The normalized spacial score (nSPS) is 18.8. The number of rotatable bonds is 7. The van der Waals surface area contributed by atoms with Gasteiger partial charge in [-0.15, -0.1) is 0 Å². The second-order valence-corrected chi connectivity index (χ2v) is 6.45.